The van der Waals surface area contributed by atoms with E-state index in [9.17, 15) is 22.9 Å². The number of rotatable bonds is 8. The van der Waals surface area contributed by atoms with Crippen molar-refractivity contribution < 1.29 is 32.2 Å². The van der Waals surface area contributed by atoms with Gasteiger partial charge in [0, 0.05) is 28.2 Å². The minimum atomic E-state index is -3.80. The van der Waals surface area contributed by atoms with E-state index in [1.807, 2.05) is 0 Å². The highest BCUT2D eigenvalue weighted by Crippen LogP contribution is 2.59. The van der Waals surface area contributed by atoms with Crippen LogP contribution in [0.4, 0.5) is 8.78 Å². The Morgan fingerprint density at radius 2 is 1.94 bits per heavy atom. The molecule has 6 nitrogen and oxygen atoms in total. The van der Waals surface area contributed by atoms with Gasteiger partial charge in [-0.1, -0.05) is 23.7 Å². The Labute approximate surface area is 216 Å². The van der Waals surface area contributed by atoms with E-state index < -0.39 is 48.7 Å². The third-order valence-electron chi connectivity index (χ3n) is 5.16. The molecule has 0 spiro atoms. The predicted octanol–water partition coefficient (Wildman–Crippen LogP) is 7.13. The number of benzene rings is 2. The average molecular weight is 556 g/mol. The number of carbonyl (C=O) groups is 2. The summed E-state index contributed by atoms with van der Waals surface area (Å²) in [5, 5.41) is 5.20. The van der Waals surface area contributed by atoms with Gasteiger partial charge >= 0.3 is 5.97 Å². The van der Waals surface area contributed by atoms with Gasteiger partial charge in [-0.15, -0.1) is 11.3 Å². The molecule has 3 rings (SSSR count). The molecule has 0 saturated carbocycles. The molecule has 1 N–H and O–H groups in total. The zero-order chi connectivity index (χ0) is 26.7. The van der Waals surface area contributed by atoms with E-state index in [0.29, 0.717) is 16.0 Å². The smallest absolute Gasteiger partial charge is 0.313 e. The summed E-state index contributed by atoms with van der Waals surface area (Å²) >= 11 is 7.49. The van der Waals surface area contributed by atoms with Crippen LogP contribution in [0, 0.1) is 17.0 Å². The van der Waals surface area contributed by atoms with Crippen LogP contribution in [-0.4, -0.2) is 25.3 Å². The van der Waals surface area contributed by atoms with Gasteiger partial charge in [0.05, 0.1) is 5.41 Å². The van der Waals surface area contributed by atoms with Crippen LogP contribution in [0.15, 0.2) is 48.0 Å². The maximum Gasteiger partial charge on any atom is 0.313 e. The van der Waals surface area contributed by atoms with E-state index in [0.717, 1.165) is 17.0 Å². The number of hydrogen-bond donors (Lipinski definition) is 1. The Morgan fingerprint density at radius 1 is 1.22 bits per heavy atom. The first-order chi connectivity index (χ1) is 16.8. The molecule has 11 heteroatoms. The van der Waals surface area contributed by atoms with Gasteiger partial charge in [-0.3, -0.25) is 18.7 Å². The summed E-state index contributed by atoms with van der Waals surface area (Å²) in [6.45, 7) is 5.64. The number of fused-ring (bicyclic) bond motifs is 1. The minimum Gasteiger partial charge on any atom is -0.438 e. The van der Waals surface area contributed by atoms with Crippen LogP contribution in [0.5, 0.6) is 0 Å². The second kappa shape index (κ2) is 11.2. The van der Waals surface area contributed by atoms with Crippen molar-refractivity contribution in [2.45, 2.75) is 26.4 Å². The summed E-state index contributed by atoms with van der Waals surface area (Å²) in [7, 11) is -3.80. The lowest BCUT2D eigenvalue weighted by molar-refractivity contribution is -0.159. The Kier molecular flexibility index (Phi) is 8.72. The van der Waals surface area contributed by atoms with E-state index in [-0.39, 0.29) is 5.56 Å². The monoisotopic (exact) mass is 555 g/mol. The van der Waals surface area contributed by atoms with E-state index in [4.69, 9.17) is 20.9 Å². The number of carbonyl (C=O) groups excluding carboxylic acids is 2. The minimum absolute atomic E-state index is 0.0790. The highest BCUT2D eigenvalue weighted by Gasteiger charge is 2.39. The van der Waals surface area contributed by atoms with E-state index in [2.05, 4.69) is 5.32 Å². The van der Waals surface area contributed by atoms with Crippen molar-refractivity contribution in [1.29, 1.82) is 0 Å². The van der Waals surface area contributed by atoms with Crippen LogP contribution >= 0.6 is 30.3 Å². The summed E-state index contributed by atoms with van der Waals surface area (Å²) < 4.78 is 52.5. The molecule has 2 aromatic carbocycles. The first-order valence-electron chi connectivity index (χ1n) is 10.8. The topological polar surface area (TPSA) is 81.7 Å². The lowest BCUT2D eigenvalue weighted by Crippen LogP contribution is -2.27. The molecule has 0 aliphatic carbocycles. The molecule has 0 bridgehead atoms. The van der Waals surface area contributed by atoms with Crippen molar-refractivity contribution in [3.05, 3.63) is 75.8 Å². The number of esters is 1. The second-order valence-corrected chi connectivity index (χ2v) is 13.0. The maximum absolute atomic E-state index is 13.9. The molecule has 2 atom stereocenters. The number of hydrogen-bond acceptors (Lipinski definition) is 6. The lowest BCUT2D eigenvalue weighted by Gasteiger charge is -2.24. The normalized spacial score (nSPS) is 14.5. The molecular formula is C25H25ClF2NO5PS. The average Bonchev–Trinajstić information content (AvgIpc) is 3.18. The summed E-state index contributed by atoms with van der Waals surface area (Å²) in [6.07, 6.45) is 2.32. The summed E-state index contributed by atoms with van der Waals surface area (Å²) in [4.78, 5) is 25.4. The van der Waals surface area contributed by atoms with Crippen LogP contribution in [0.1, 0.15) is 37.6 Å². The van der Waals surface area contributed by atoms with Crippen LogP contribution in [0.3, 0.4) is 0 Å². The van der Waals surface area contributed by atoms with Gasteiger partial charge in [-0.05, 0) is 67.4 Å². The highest BCUT2D eigenvalue weighted by molar-refractivity contribution is 7.59. The fourth-order valence-electron chi connectivity index (χ4n) is 3.26. The first kappa shape index (κ1) is 28.0. The number of thiophene rings is 1. The van der Waals surface area contributed by atoms with Gasteiger partial charge in [0.2, 0.25) is 13.3 Å². The number of amides is 1. The number of ether oxygens (including phenoxy) is 1. The largest absolute Gasteiger partial charge is 0.438 e. The third-order valence-corrected chi connectivity index (χ3v) is 8.44. The molecule has 1 aromatic heterocycles. The molecule has 0 fully saturated rings. The zero-order valence-electron chi connectivity index (χ0n) is 20.0. The first-order valence-corrected chi connectivity index (χ1v) is 14.2. The van der Waals surface area contributed by atoms with Crippen molar-refractivity contribution >= 4 is 58.3 Å². The highest BCUT2D eigenvalue weighted by atomic mass is 35.5. The fraction of sp³-hybridized carbons (Fsp3) is 0.280. The maximum atomic E-state index is 13.9. The van der Waals surface area contributed by atoms with Crippen LogP contribution in [-0.2, 0) is 23.4 Å². The van der Waals surface area contributed by atoms with Crippen LogP contribution in [0.25, 0.3) is 16.2 Å². The van der Waals surface area contributed by atoms with Crippen LogP contribution < -0.4 is 5.32 Å². The van der Waals surface area contributed by atoms with E-state index >= 15 is 0 Å². The Bertz CT molecular complexity index is 1370. The summed E-state index contributed by atoms with van der Waals surface area (Å²) in [5.41, 5.74) is -1.77. The predicted molar refractivity (Wildman–Crippen MR) is 138 cm³/mol. The standard InChI is InChI=1S/C25H25ClF2NO5PS/c1-25(2,3)24(31)33-14-34-35(4,32)22(18-13-36-20-9-8-16(26)12-17(18)20)23(30)29-11-10-15-6-5-7-19(27)21(15)28/h5-13,22H,14H2,1-4H3,(H,29,30). The molecule has 0 aliphatic rings. The second-order valence-electron chi connectivity index (χ2n) is 9.06. The van der Waals surface area contributed by atoms with Gasteiger partial charge in [-0.25, -0.2) is 8.78 Å². The Morgan fingerprint density at radius 3 is 2.64 bits per heavy atom. The SMILES string of the molecule is CC(C)(C)C(=O)OCOP(C)(=O)C(C(=O)NC=Cc1cccc(F)c1F)c1csc2ccc(Cl)cc12. The Hall–Kier alpha value is -2.58. The number of halogens is 3. The fourth-order valence-corrected chi connectivity index (χ4v) is 6.13. The Balaban J connectivity index is 1.90. The van der Waals surface area contributed by atoms with E-state index in [1.165, 1.54) is 36.2 Å². The van der Waals surface area contributed by atoms with Gasteiger partial charge in [0.25, 0.3) is 0 Å². The molecule has 0 aliphatic heterocycles. The number of nitrogens with one attached hydrogen (secondary N) is 1. The molecule has 1 heterocycles. The molecular weight excluding hydrogens is 531 g/mol. The molecule has 192 valence electrons. The summed E-state index contributed by atoms with van der Waals surface area (Å²) in [5.74, 6) is -3.37. The van der Waals surface area contributed by atoms with Gasteiger partial charge in [0.15, 0.2) is 18.4 Å². The van der Waals surface area contributed by atoms with Crippen molar-refractivity contribution in [3.8, 4) is 0 Å². The van der Waals surface area contributed by atoms with E-state index in [1.54, 1.807) is 44.4 Å². The van der Waals surface area contributed by atoms with Crippen molar-refractivity contribution in [2.24, 2.45) is 5.41 Å². The van der Waals surface area contributed by atoms with Gasteiger partial charge in [-0.2, -0.15) is 0 Å². The molecule has 1 amide bonds. The molecule has 2 unspecified atom stereocenters. The molecule has 0 saturated heterocycles. The third kappa shape index (κ3) is 6.59. The molecule has 0 radical (unpaired) electrons. The van der Waals surface area contributed by atoms with Crippen molar-refractivity contribution in [1.82, 2.24) is 5.32 Å². The summed E-state index contributed by atoms with van der Waals surface area (Å²) in [6, 6.07) is 8.77. The molecule has 36 heavy (non-hydrogen) atoms. The molecule has 3 aromatic rings. The zero-order valence-corrected chi connectivity index (χ0v) is 22.5. The van der Waals surface area contributed by atoms with Crippen LogP contribution in [0.2, 0.25) is 5.02 Å². The van der Waals surface area contributed by atoms with Gasteiger partial charge < -0.3 is 10.1 Å². The van der Waals surface area contributed by atoms with Crippen molar-refractivity contribution in [2.75, 3.05) is 13.5 Å². The van der Waals surface area contributed by atoms with Crippen molar-refractivity contribution in [3.63, 3.8) is 0 Å². The lowest BCUT2D eigenvalue weighted by atomic mass is 9.98. The van der Waals surface area contributed by atoms with Gasteiger partial charge in [0.1, 0.15) is 5.66 Å². The quantitative estimate of drug-likeness (QED) is 0.182.